The SMILES string of the molecule is CC(C)(C)OC(=O)N1CCN(c2ncnc3c2CCNC3)CC1. The molecule has 0 saturated carbocycles. The van der Waals surface area contributed by atoms with E-state index in [1.165, 1.54) is 5.56 Å². The van der Waals surface area contributed by atoms with Crippen molar-refractivity contribution in [1.29, 1.82) is 0 Å². The second-order valence-corrected chi connectivity index (χ2v) is 7.00. The predicted octanol–water partition coefficient (Wildman–Crippen LogP) is 1.18. The molecule has 0 atom stereocenters. The van der Waals surface area contributed by atoms with Gasteiger partial charge in [0.15, 0.2) is 0 Å². The van der Waals surface area contributed by atoms with Crippen molar-refractivity contribution in [3.8, 4) is 0 Å². The normalized spacial score (nSPS) is 18.6. The fraction of sp³-hybridized carbons (Fsp3) is 0.688. The lowest BCUT2D eigenvalue weighted by Gasteiger charge is -2.37. The van der Waals surface area contributed by atoms with Crippen LogP contribution < -0.4 is 10.2 Å². The summed E-state index contributed by atoms with van der Waals surface area (Å²) in [7, 11) is 0. The summed E-state index contributed by atoms with van der Waals surface area (Å²) in [6.45, 7) is 10.3. The van der Waals surface area contributed by atoms with E-state index in [0.717, 1.165) is 44.1 Å². The minimum atomic E-state index is -0.451. The lowest BCUT2D eigenvalue weighted by molar-refractivity contribution is 0.0240. The second kappa shape index (κ2) is 6.31. The van der Waals surface area contributed by atoms with Crippen molar-refractivity contribution < 1.29 is 9.53 Å². The standard InChI is InChI=1S/C16H25N5O2/c1-16(2,3)23-15(22)21-8-6-20(7-9-21)14-12-4-5-17-10-13(12)18-11-19-14/h11,17H,4-10H2,1-3H3. The summed E-state index contributed by atoms with van der Waals surface area (Å²) in [5, 5.41) is 3.34. The monoisotopic (exact) mass is 319 g/mol. The van der Waals surface area contributed by atoms with Crippen LogP contribution >= 0.6 is 0 Å². The van der Waals surface area contributed by atoms with Gasteiger partial charge >= 0.3 is 6.09 Å². The van der Waals surface area contributed by atoms with Crippen LogP contribution in [0.1, 0.15) is 32.0 Å². The summed E-state index contributed by atoms with van der Waals surface area (Å²) in [4.78, 5) is 25.0. The summed E-state index contributed by atoms with van der Waals surface area (Å²) < 4.78 is 5.44. The zero-order valence-electron chi connectivity index (χ0n) is 14.1. The van der Waals surface area contributed by atoms with Gasteiger partial charge in [-0.05, 0) is 33.7 Å². The van der Waals surface area contributed by atoms with E-state index in [4.69, 9.17) is 4.74 Å². The van der Waals surface area contributed by atoms with Gasteiger partial charge in [0.2, 0.25) is 0 Å². The lowest BCUT2D eigenvalue weighted by Crippen LogP contribution is -2.50. The average molecular weight is 319 g/mol. The van der Waals surface area contributed by atoms with Crippen molar-refractivity contribution in [2.75, 3.05) is 37.6 Å². The van der Waals surface area contributed by atoms with E-state index >= 15 is 0 Å². The Morgan fingerprint density at radius 2 is 1.96 bits per heavy atom. The van der Waals surface area contributed by atoms with Crippen LogP contribution in [-0.2, 0) is 17.7 Å². The highest BCUT2D eigenvalue weighted by molar-refractivity contribution is 5.68. The Morgan fingerprint density at radius 3 is 2.65 bits per heavy atom. The highest BCUT2D eigenvalue weighted by Crippen LogP contribution is 2.24. The van der Waals surface area contributed by atoms with Crippen LogP contribution in [0.2, 0.25) is 0 Å². The first-order valence-electron chi connectivity index (χ1n) is 8.20. The van der Waals surface area contributed by atoms with Crippen LogP contribution in [0.4, 0.5) is 10.6 Å². The van der Waals surface area contributed by atoms with Crippen molar-refractivity contribution in [2.24, 2.45) is 0 Å². The predicted molar refractivity (Wildman–Crippen MR) is 87.5 cm³/mol. The first kappa shape index (κ1) is 16.0. The average Bonchev–Trinajstić information content (AvgIpc) is 2.53. The molecule has 7 heteroatoms. The maximum absolute atomic E-state index is 12.1. The summed E-state index contributed by atoms with van der Waals surface area (Å²) in [6.07, 6.45) is 2.37. The molecular formula is C16H25N5O2. The molecule has 1 fully saturated rings. The quantitative estimate of drug-likeness (QED) is 0.838. The number of carbonyl (C=O) groups is 1. The number of hydrogen-bond donors (Lipinski definition) is 1. The zero-order chi connectivity index (χ0) is 16.4. The zero-order valence-corrected chi connectivity index (χ0v) is 14.1. The maximum atomic E-state index is 12.1. The molecule has 0 bridgehead atoms. The topological polar surface area (TPSA) is 70.6 Å². The Bertz CT molecular complexity index is 576. The Morgan fingerprint density at radius 1 is 1.22 bits per heavy atom. The fourth-order valence-electron chi connectivity index (χ4n) is 2.97. The van der Waals surface area contributed by atoms with Crippen LogP contribution in [0.15, 0.2) is 6.33 Å². The highest BCUT2D eigenvalue weighted by Gasteiger charge is 2.28. The minimum absolute atomic E-state index is 0.230. The summed E-state index contributed by atoms with van der Waals surface area (Å²) >= 11 is 0. The molecule has 1 saturated heterocycles. The van der Waals surface area contributed by atoms with Gasteiger partial charge in [0.05, 0.1) is 5.69 Å². The number of hydrogen-bond acceptors (Lipinski definition) is 6. The molecule has 126 valence electrons. The largest absolute Gasteiger partial charge is 0.444 e. The van der Waals surface area contributed by atoms with E-state index in [1.54, 1.807) is 11.2 Å². The Kier molecular flexibility index (Phi) is 4.39. The third kappa shape index (κ3) is 3.72. The number of carbonyl (C=O) groups excluding carboxylic acids is 1. The molecule has 3 rings (SSSR count). The lowest BCUT2D eigenvalue weighted by atomic mass is 10.1. The third-order valence-electron chi connectivity index (χ3n) is 4.09. The number of aromatic nitrogens is 2. The summed E-state index contributed by atoms with van der Waals surface area (Å²) in [5.41, 5.74) is 1.89. The number of anilines is 1. The van der Waals surface area contributed by atoms with E-state index in [0.29, 0.717) is 13.1 Å². The summed E-state index contributed by atoms with van der Waals surface area (Å²) in [5.74, 6) is 1.03. The van der Waals surface area contributed by atoms with Crippen molar-refractivity contribution in [1.82, 2.24) is 20.2 Å². The van der Waals surface area contributed by atoms with E-state index in [-0.39, 0.29) is 6.09 Å². The molecule has 0 aliphatic carbocycles. The van der Waals surface area contributed by atoms with Gasteiger partial charge in [0.1, 0.15) is 17.7 Å². The number of rotatable bonds is 1. The molecule has 3 heterocycles. The molecule has 7 nitrogen and oxygen atoms in total. The van der Waals surface area contributed by atoms with Crippen molar-refractivity contribution >= 4 is 11.9 Å². The van der Waals surface area contributed by atoms with Crippen molar-refractivity contribution in [2.45, 2.75) is 39.3 Å². The Balaban J connectivity index is 1.65. The van der Waals surface area contributed by atoms with E-state index in [2.05, 4.69) is 20.2 Å². The molecular weight excluding hydrogens is 294 g/mol. The molecule has 0 aromatic carbocycles. The minimum Gasteiger partial charge on any atom is -0.444 e. The van der Waals surface area contributed by atoms with E-state index in [1.807, 2.05) is 20.8 Å². The van der Waals surface area contributed by atoms with Crippen LogP contribution in [0.3, 0.4) is 0 Å². The van der Waals surface area contributed by atoms with Crippen LogP contribution in [0.25, 0.3) is 0 Å². The van der Waals surface area contributed by atoms with Gasteiger partial charge in [-0.3, -0.25) is 0 Å². The number of amides is 1. The third-order valence-corrected chi connectivity index (χ3v) is 4.09. The molecule has 0 spiro atoms. The Labute approximate surface area is 137 Å². The van der Waals surface area contributed by atoms with Gasteiger partial charge in [-0.2, -0.15) is 0 Å². The molecule has 1 aromatic rings. The smallest absolute Gasteiger partial charge is 0.410 e. The first-order valence-corrected chi connectivity index (χ1v) is 8.20. The van der Waals surface area contributed by atoms with Crippen LogP contribution in [-0.4, -0.2) is 59.3 Å². The van der Waals surface area contributed by atoms with Gasteiger partial charge in [-0.25, -0.2) is 14.8 Å². The highest BCUT2D eigenvalue weighted by atomic mass is 16.6. The number of fused-ring (bicyclic) bond motifs is 1. The van der Waals surface area contributed by atoms with Crippen molar-refractivity contribution in [3.63, 3.8) is 0 Å². The Hall–Kier alpha value is -1.89. The maximum Gasteiger partial charge on any atom is 0.410 e. The van der Waals surface area contributed by atoms with Crippen molar-refractivity contribution in [3.05, 3.63) is 17.6 Å². The van der Waals surface area contributed by atoms with Gasteiger partial charge in [0.25, 0.3) is 0 Å². The molecule has 1 aromatic heterocycles. The number of piperazine rings is 1. The number of nitrogens with zero attached hydrogens (tertiary/aromatic N) is 4. The molecule has 0 unspecified atom stereocenters. The van der Waals surface area contributed by atoms with Gasteiger partial charge in [0, 0.05) is 38.3 Å². The fourth-order valence-corrected chi connectivity index (χ4v) is 2.97. The second-order valence-electron chi connectivity index (χ2n) is 7.00. The molecule has 1 amide bonds. The molecule has 0 radical (unpaired) electrons. The van der Waals surface area contributed by atoms with Crippen LogP contribution in [0, 0.1) is 0 Å². The van der Waals surface area contributed by atoms with Gasteiger partial charge in [-0.1, -0.05) is 0 Å². The molecule has 2 aliphatic heterocycles. The van der Waals surface area contributed by atoms with E-state index in [9.17, 15) is 4.79 Å². The molecule has 1 N–H and O–H groups in total. The number of nitrogens with one attached hydrogen (secondary N) is 1. The van der Waals surface area contributed by atoms with Crippen LogP contribution in [0.5, 0.6) is 0 Å². The number of ether oxygens (including phenoxy) is 1. The van der Waals surface area contributed by atoms with Gasteiger partial charge < -0.3 is 19.9 Å². The van der Waals surface area contributed by atoms with Gasteiger partial charge in [-0.15, -0.1) is 0 Å². The summed E-state index contributed by atoms with van der Waals surface area (Å²) in [6, 6.07) is 0. The first-order chi connectivity index (χ1) is 10.9. The van der Waals surface area contributed by atoms with E-state index < -0.39 is 5.60 Å². The molecule has 23 heavy (non-hydrogen) atoms. The molecule has 2 aliphatic rings.